The van der Waals surface area contributed by atoms with Crippen molar-refractivity contribution in [3.63, 3.8) is 0 Å². The minimum atomic E-state index is 0.688. The highest BCUT2D eigenvalue weighted by atomic mass is 15.1. The van der Waals surface area contributed by atoms with E-state index in [4.69, 9.17) is 10.2 Å². The largest absolute Gasteiger partial charge is 0.331 e. The van der Waals surface area contributed by atoms with Gasteiger partial charge in [0, 0.05) is 13.5 Å². The molecule has 1 saturated carbocycles. The number of aryl methyl sites for hydroxylation is 1. The van der Waals surface area contributed by atoms with Crippen LogP contribution in [0.15, 0.2) is 18.2 Å². The normalized spacial score (nSPS) is 16.2. The first kappa shape index (κ1) is 11.3. The lowest BCUT2D eigenvalue weighted by Gasteiger charge is -2.08. The Morgan fingerprint density at radius 3 is 2.89 bits per heavy atom. The SMILES string of the molecule is Cn1c(CC2CCCC2)nc2cc(C#N)ccc21. The van der Waals surface area contributed by atoms with Crippen LogP contribution in [-0.2, 0) is 13.5 Å². The van der Waals surface area contributed by atoms with Crippen molar-refractivity contribution < 1.29 is 0 Å². The molecule has 0 radical (unpaired) electrons. The predicted molar refractivity (Wildman–Crippen MR) is 71.1 cm³/mol. The summed E-state index contributed by atoms with van der Waals surface area (Å²) in [6, 6.07) is 7.92. The Morgan fingerprint density at radius 1 is 1.39 bits per heavy atom. The molecule has 0 amide bonds. The first-order chi connectivity index (χ1) is 8.78. The Hall–Kier alpha value is -1.82. The number of hydrogen-bond donors (Lipinski definition) is 0. The predicted octanol–water partition coefficient (Wildman–Crippen LogP) is 3.18. The van der Waals surface area contributed by atoms with Gasteiger partial charge in [-0.1, -0.05) is 25.7 Å². The van der Waals surface area contributed by atoms with Gasteiger partial charge in [0.2, 0.25) is 0 Å². The van der Waals surface area contributed by atoms with Crippen molar-refractivity contribution in [1.82, 2.24) is 9.55 Å². The van der Waals surface area contributed by atoms with Gasteiger partial charge < -0.3 is 4.57 Å². The zero-order chi connectivity index (χ0) is 12.5. The zero-order valence-corrected chi connectivity index (χ0v) is 10.7. The molecular formula is C15H17N3. The van der Waals surface area contributed by atoms with Gasteiger partial charge in [-0.25, -0.2) is 4.98 Å². The van der Waals surface area contributed by atoms with Crippen LogP contribution in [0.5, 0.6) is 0 Å². The fourth-order valence-electron chi connectivity index (χ4n) is 2.97. The van der Waals surface area contributed by atoms with Gasteiger partial charge in [0.05, 0.1) is 22.7 Å². The van der Waals surface area contributed by atoms with E-state index in [-0.39, 0.29) is 0 Å². The smallest absolute Gasteiger partial charge is 0.109 e. The summed E-state index contributed by atoms with van der Waals surface area (Å²) in [5.41, 5.74) is 2.76. The van der Waals surface area contributed by atoms with Crippen LogP contribution in [0, 0.1) is 17.2 Å². The Labute approximate surface area is 107 Å². The van der Waals surface area contributed by atoms with E-state index in [2.05, 4.69) is 17.7 Å². The van der Waals surface area contributed by atoms with Crippen LogP contribution in [0.1, 0.15) is 37.1 Å². The van der Waals surface area contributed by atoms with Crippen LogP contribution < -0.4 is 0 Å². The van der Waals surface area contributed by atoms with Gasteiger partial charge in [-0.2, -0.15) is 5.26 Å². The van der Waals surface area contributed by atoms with Gasteiger partial charge in [-0.3, -0.25) is 0 Å². The second-order valence-corrected chi connectivity index (χ2v) is 5.26. The standard InChI is InChI=1S/C15H17N3/c1-18-14-7-6-12(10-16)8-13(14)17-15(18)9-11-4-2-3-5-11/h6-8,11H,2-5,9H2,1H3. The summed E-state index contributed by atoms with van der Waals surface area (Å²) >= 11 is 0. The summed E-state index contributed by atoms with van der Waals surface area (Å²) in [6.07, 6.45) is 6.49. The van der Waals surface area contributed by atoms with Crippen LogP contribution in [0.2, 0.25) is 0 Å². The van der Waals surface area contributed by atoms with Crippen molar-refractivity contribution >= 4 is 11.0 Å². The first-order valence-electron chi connectivity index (χ1n) is 6.63. The van der Waals surface area contributed by atoms with E-state index in [1.54, 1.807) is 0 Å². The molecule has 1 aliphatic rings. The molecule has 2 aromatic rings. The summed E-state index contributed by atoms with van der Waals surface area (Å²) in [6.45, 7) is 0. The van der Waals surface area contributed by atoms with E-state index in [1.165, 1.54) is 25.7 Å². The van der Waals surface area contributed by atoms with Gasteiger partial charge in [0.25, 0.3) is 0 Å². The van der Waals surface area contributed by atoms with Gasteiger partial charge in [-0.05, 0) is 24.1 Å². The lowest BCUT2D eigenvalue weighted by Crippen LogP contribution is -2.05. The molecule has 3 heteroatoms. The number of aromatic nitrogens is 2. The molecule has 3 nitrogen and oxygen atoms in total. The number of rotatable bonds is 2. The third-order valence-electron chi connectivity index (χ3n) is 4.05. The van der Waals surface area contributed by atoms with Crippen molar-refractivity contribution in [1.29, 1.82) is 5.26 Å². The maximum Gasteiger partial charge on any atom is 0.109 e. The minimum Gasteiger partial charge on any atom is -0.331 e. The second kappa shape index (κ2) is 4.45. The molecule has 0 aliphatic heterocycles. The van der Waals surface area contributed by atoms with E-state index in [0.717, 1.165) is 29.2 Å². The molecule has 0 saturated heterocycles. The Morgan fingerprint density at radius 2 is 2.17 bits per heavy atom. The number of fused-ring (bicyclic) bond motifs is 1. The second-order valence-electron chi connectivity index (χ2n) is 5.26. The maximum atomic E-state index is 8.92. The molecule has 1 aromatic carbocycles. The molecular weight excluding hydrogens is 222 g/mol. The van der Waals surface area contributed by atoms with Crippen molar-refractivity contribution in [3.05, 3.63) is 29.6 Å². The number of nitriles is 1. The zero-order valence-electron chi connectivity index (χ0n) is 10.7. The number of imidazole rings is 1. The first-order valence-corrected chi connectivity index (χ1v) is 6.63. The quantitative estimate of drug-likeness (QED) is 0.807. The molecule has 92 valence electrons. The van der Waals surface area contributed by atoms with Crippen molar-refractivity contribution in [3.8, 4) is 6.07 Å². The summed E-state index contributed by atoms with van der Waals surface area (Å²) in [5.74, 6) is 1.96. The third-order valence-corrected chi connectivity index (χ3v) is 4.05. The van der Waals surface area contributed by atoms with Crippen molar-refractivity contribution in [2.75, 3.05) is 0 Å². The molecule has 3 rings (SSSR count). The van der Waals surface area contributed by atoms with Crippen LogP contribution in [0.3, 0.4) is 0 Å². The summed E-state index contributed by atoms with van der Waals surface area (Å²) in [7, 11) is 2.08. The maximum absolute atomic E-state index is 8.92. The molecule has 1 aromatic heterocycles. The summed E-state index contributed by atoms with van der Waals surface area (Å²) < 4.78 is 2.18. The Kier molecular flexibility index (Phi) is 2.79. The number of hydrogen-bond acceptors (Lipinski definition) is 2. The van der Waals surface area contributed by atoms with E-state index in [1.807, 2.05) is 18.2 Å². The molecule has 0 spiro atoms. The Bertz CT molecular complexity index is 612. The molecule has 0 bridgehead atoms. The number of nitrogens with zero attached hydrogens (tertiary/aromatic N) is 3. The molecule has 18 heavy (non-hydrogen) atoms. The lowest BCUT2D eigenvalue weighted by atomic mass is 10.0. The molecule has 1 heterocycles. The van der Waals surface area contributed by atoms with Gasteiger partial charge in [0.1, 0.15) is 5.82 Å². The average Bonchev–Trinajstić information content (AvgIpc) is 2.99. The monoisotopic (exact) mass is 239 g/mol. The van der Waals surface area contributed by atoms with Crippen molar-refractivity contribution in [2.24, 2.45) is 13.0 Å². The summed E-state index contributed by atoms with van der Waals surface area (Å²) in [5, 5.41) is 8.92. The molecule has 0 N–H and O–H groups in total. The minimum absolute atomic E-state index is 0.688. The molecule has 1 aliphatic carbocycles. The average molecular weight is 239 g/mol. The van der Waals surface area contributed by atoms with E-state index >= 15 is 0 Å². The summed E-state index contributed by atoms with van der Waals surface area (Å²) in [4.78, 5) is 4.70. The Balaban J connectivity index is 1.97. The fraction of sp³-hybridized carbons (Fsp3) is 0.467. The lowest BCUT2D eigenvalue weighted by molar-refractivity contribution is 0.522. The molecule has 1 fully saturated rings. The van der Waals surface area contributed by atoms with Gasteiger partial charge in [0.15, 0.2) is 0 Å². The highest BCUT2D eigenvalue weighted by molar-refractivity contribution is 5.77. The van der Waals surface area contributed by atoms with Crippen LogP contribution in [0.25, 0.3) is 11.0 Å². The highest BCUT2D eigenvalue weighted by Gasteiger charge is 2.18. The van der Waals surface area contributed by atoms with Gasteiger partial charge >= 0.3 is 0 Å². The van der Waals surface area contributed by atoms with Crippen molar-refractivity contribution in [2.45, 2.75) is 32.1 Å². The van der Waals surface area contributed by atoms with Crippen LogP contribution in [-0.4, -0.2) is 9.55 Å². The number of benzene rings is 1. The van der Waals surface area contributed by atoms with E-state index in [9.17, 15) is 0 Å². The molecule has 0 unspecified atom stereocenters. The molecule has 0 atom stereocenters. The fourth-order valence-corrected chi connectivity index (χ4v) is 2.97. The van der Waals surface area contributed by atoms with Crippen LogP contribution >= 0.6 is 0 Å². The highest BCUT2D eigenvalue weighted by Crippen LogP contribution is 2.28. The van der Waals surface area contributed by atoms with E-state index < -0.39 is 0 Å². The third kappa shape index (κ3) is 1.88. The van der Waals surface area contributed by atoms with Gasteiger partial charge in [-0.15, -0.1) is 0 Å². The van der Waals surface area contributed by atoms with E-state index in [0.29, 0.717) is 5.56 Å². The topological polar surface area (TPSA) is 41.6 Å². The van der Waals surface area contributed by atoms with Crippen LogP contribution in [0.4, 0.5) is 0 Å².